The van der Waals surface area contributed by atoms with Crippen LogP contribution in [0.25, 0.3) is 0 Å². The van der Waals surface area contributed by atoms with Gasteiger partial charge in [-0.25, -0.2) is 0 Å². The van der Waals surface area contributed by atoms with E-state index >= 15 is 0 Å². The van der Waals surface area contributed by atoms with Crippen LogP contribution in [-0.4, -0.2) is 23.8 Å². The SMILES string of the molecule is OC1CC(c2ccccc2)CC2NNCC12. The Morgan fingerprint density at radius 1 is 1.12 bits per heavy atom. The average molecular weight is 218 g/mol. The third-order valence-electron chi connectivity index (χ3n) is 3.97. The lowest BCUT2D eigenvalue weighted by atomic mass is 9.75. The van der Waals surface area contributed by atoms with Crippen molar-refractivity contribution in [2.45, 2.75) is 30.9 Å². The summed E-state index contributed by atoms with van der Waals surface area (Å²) in [6.45, 7) is 0.896. The zero-order valence-corrected chi connectivity index (χ0v) is 9.26. The van der Waals surface area contributed by atoms with E-state index in [9.17, 15) is 5.11 Å². The van der Waals surface area contributed by atoms with Gasteiger partial charge in [0.1, 0.15) is 0 Å². The summed E-state index contributed by atoms with van der Waals surface area (Å²) in [4.78, 5) is 0. The van der Waals surface area contributed by atoms with Crippen molar-refractivity contribution in [3.05, 3.63) is 35.9 Å². The van der Waals surface area contributed by atoms with E-state index in [2.05, 4.69) is 35.1 Å². The molecule has 1 aliphatic carbocycles. The molecule has 0 bridgehead atoms. The standard InChI is InChI=1S/C13H18N2O/c16-13-7-10(9-4-2-1-3-5-9)6-12-11(13)8-14-15-12/h1-5,10-16H,6-8H2. The molecule has 1 aliphatic heterocycles. The van der Waals surface area contributed by atoms with E-state index in [1.165, 1.54) is 5.56 Å². The Bertz CT molecular complexity index is 354. The number of hydrogen-bond acceptors (Lipinski definition) is 3. The predicted octanol–water partition coefficient (Wildman–Crippen LogP) is 1.02. The van der Waals surface area contributed by atoms with Crippen LogP contribution < -0.4 is 10.9 Å². The highest BCUT2D eigenvalue weighted by molar-refractivity contribution is 5.21. The van der Waals surface area contributed by atoms with Crippen LogP contribution in [0.1, 0.15) is 24.3 Å². The Morgan fingerprint density at radius 2 is 1.94 bits per heavy atom. The molecule has 86 valence electrons. The number of fused-ring (bicyclic) bond motifs is 1. The smallest absolute Gasteiger partial charge is 0.0602 e. The summed E-state index contributed by atoms with van der Waals surface area (Å²) in [6, 6.07) is 11.0. The molecule has 4 unspecified atom stereocenters. The molecule has 2 fully saturated rings. The lowest BCUT2D eigenvalue weighted by molar-refractivity contribution is 0.0608. The molecule has 4 atom stereocenters. The van der Waals surface area contributed by atoms with E-state index in [-0.39, 0.29) is 6.10 Å². The van der Waals surface area contributed by atoms with Crippen molar-refractivity contribution in [2.24, 2.45) is 5.92 Å². The van der Waals surface area contributed by atoms with Crippen molar-refractivity contribution in [2.75, 3.05) is 6.54 Å². The number of aliphatic hydroxyl groups is 1. The number of aliphatic hydroxyl groups excluding tert-OH is 1. The van der Waals surface area contributed by atoms with E-state index < -0.39 is 0 Å². The second-order valence-electron chi connectivity index (χ2n) is 4.94. The van der Waals surface area contributed by atoms with Gasteiger partial charge in [-0.1, -0.05) is 30.3 Å². The molecule has 1 aromatic rings. The monoisotopic (exact) mass is 218 g/mol. The lowest BCUT2D eigenvalue weighted by Crippen LogP contribution is -2.42. The quantitative estimate of drug-likeness (QED) is 0.659. The third kappa shape index (κ3) is 1.75. The Morgan fingerprint density at radius 3 is 2.75 bits per heavy atom. The summed E-state index contributed by atoms with van der Waals surface area (Å²) in [5, 5.41) is 10.1. The first-order valence-corrected chi connectivity index (χ1v) is 6.06. The first kappa shape index (κ1) is 10.3. The zero-order chi connectivity index (χ0) is 11.0. The van der Waals surface area contributed by atoms with Crippen molar-refractivity contribution >= 4 is 0 Å². The van der Waals surface area contributed by atoms with Gasteiger partial charge in [0.15, 0.2) is 0 Å². The van der Waals surface area contributed by atoms with Gasteiger partial charge in [0.25, 0.3) is 0 Å². The molecule has 1 aromatic carbocycles. The van der Waals surface area contributed by atoms with Crippen LogP contribution in [0, 0.1) is 5.92 Å². The van der Waals surface area contributed by atoms with Gasteiger partial charge in [-0.2, -0.15) is 0 Å². The van der Waals surface area contributed by atoms with Crippen LogP contribution in [0.3, 0.4) is 0 Å². The lowest BCUT2D eigenvalue weighted by Gasteiger charge is -2.35. The summed E-state index contributed by atoms with van der Waals surface area (Å²) in [5.74, 6) is 0.879. The van der Waals surface area contributed by atoms with Gasteiger partial charge in [-0.3, -0.25) is 10.9 Å². The maximum atomic E-state index is 10.1. The molecule has 3 N–H and O–H groups in total. The minimum Gasteiger partial charge on any atom is -0.393 e. The molecule has 3 nitrogen and oxygen atoms in total. The van der Waals surface area contributed by atoms with Crippen LogP contribution in [-0.2, 0) is 0 Å². The van der Waals surface area contributed by atoms with Gasteiger partial charge in [0.05, 0.1) is 6.10 Å². The van der Waals surface area contributed by atoms with E-state index in [1.54, 1.807) is 0 Å². The van der Waals surface area contributed by atoms with E-state index in [0.29, 0.717) is 17.9 Å². The van der Waals surface area contributed by atoms with Gasteiger partial charge in [0, 0.05) is 18.5 Å². The van der Waals surface area contributed by atoms with Crippen LogP contribution in [0.4, 0.5) is 0 Å². The predicted molar refractivity (Wildman–Crippen MR) is 62.8 cm³/mol. The molecular weight excluding hydrogens is 200 g/mol. The highest BCUT2D eigenvalue weighted by atomic mass is 16.3. The Labute approximate surface area is 95.8 Å². The topological polar surface area (TPSA) is 44.3 Å². The zero-order valence-electron chi connectivity index (χ0n) is 9.26. The van der Waals surface area contributed by atoms with Crippen molar-refractivity contribution < 1.29 is 5.11 Å². The van der Waals surface area contributed by atoms with Crippen molar-refractivity contribution in [3.63, 3.8) is 0 Å². The highest BCUT2D eigenvalue weighted by Crippen LogP contribution is 2.37. The second kappa shape index (κ2) is 4.17. The number of benzene rings is 1. The largest absolute Gasteiger partial charge is 0.393 e. The molecule has 1 heterocycles. The van der Waals surface area contributed by atoms with Crippen LogP contribution in [0.5, 0.6) is 0 Å². The van der Waals surface area contributed by atoms with Gasteiger partial charge in [-0.05, 0) is 24.3 Å². The minimum atomic E-state index is -0.175. The summed E-state index contributed by atoms with van der Waals surface area (Å²) >= 11 is 0. The van der Waals surface area contributed by atoms with Gasteiger partial charge < -0.3 is 5.11 Å². The fraction of sp³-hybridized carbons (Fsp3) is 0.538. The Kier molecular flexibility index (Phi) is 2.67. The van der Waals surface area contributed by atoms with E-state index in [1.807, 2.05) is 6.07 Å². The third-order valence-corrected chi connectivity index (χ3v) is 3.97. The average Bonchev–Trinajstić information content (AvgIpc) is 2.79. The number of rotatable bonds is 1. The van der Waals surface area contributed by atoms with Crippen LogP contribution in [0.2, 0.25) is 0 Å². The minimum absolute atomic E-state index is 0.175. The molecule has 0 amide bonds. The molecular formula is C13H18N2O. The second-order valence-corrected chi connectivity index (χ2v) is 4.94. The molecule has 0 aromatic heterocycles. The number of hydrazine groups is 1. The van der Waals surface area contributed by atoms with Gasteiger partial charge >= 0.3 is 0 Å². The van der Waals surface area contributed by atoms with Crippen molar-refractivity contribution in [1.82, 2.24) is 10.9 Å². The summed E-state index contributed by atoms with van der Waals surface area (Å²) in [7, 11) is 0. The van der Waals surface area contributed by atoms with E-state index in [4.69, 9.17) is 0 Å². The fourth-order valence-electron chi connectivity index (χ4n) is 3.06. The van der Waals surface area contributed by atoms with E-state index in [0.717, 1.165) is 19.4 Å². The van der Waals surface area contributed by atoms with Gasteiger partial charge in [0.2, 0.25) is 0 Å². The summed E-state index contributed by atoms with van der Waals surface area (Å²) in [5.41, 5.74) is 7.79. The molecule has 3 rings (SSSR count). The Hall–Kier alpha value is -0.900. The highest BCUT2D eigenvalue weighted by Gasteiger charge is 2.39. The van der Waals surface area contributed by atoms with Crippen LogP contribution in [0.15, 0.2) is 30.3 Å². The Balaban J connectivity index is 1.79. The number of hydrogen-bond donors (Lipinski definition) is 3. The summed E-state index contributed by atoms with van der Waals surface area (Å²) < 4.78 is 0. The maximum absolute atomic E-state index is 10.1. The molecule has 0 radical (unpaired) electrons. The molecule has 16 heavy (non-hydrogen) atoms. The molecule has 2 aliphatic rings. The molecule has 3 heteroatoms. The summed E-state index contributed by atoms with van der Waals surface area (Å²) in [6.07, 6.45) is 1.85. The first-order valence-electron chi connectivity index (χ1n) is 6.06. The van der Waals surface area contributed by atoms with Gasteiger partial charge in [-0.15, -0.1) is 0 Å². The van der Waals surface area contributed by atoms with Crippen LogP contribution >= 0.6 is 0 Å². The number of nitrogens with one attached hydrogen (secondary N) is 2. The molecule has 0 spiro atoms. The first-order chi connectivity index (χ1) is 7.84. The van der Waals surface area contributed by atoms with Crippen molar-refractivity contribution in [3.8, 4) is 0 Å². The molecule has 1 saturated heterocycles. The molecule has 1 saturated carbocycles. The fourth-order valence-corrected chi connectivity index (χ4v) is 3.06. The normalized spacial score (nSPS) is 38.3. The maximum Gasteiger partial charge on any atom is 0.0602 e. The van der Waals surface area contributed by atoms with Crippen molar-refractivity contribution in [1.29, 1.82) is 0 Å².